The molecule has 1 aromatic rings. The van der Waals surface area contributed by atoms with Crippen LogP contribution in [0.1, 0.15) is 45.2 Å². The van der Waals surface area contributed by atoms with Crippen molar-refractivity contribution < 1.29 is 14.6 Å². The minimum atomic E-state index is -0.761. The van der Waals surface area contributed by atoms with Crippen LogP contribution in [-0.2, 0) is 17.6 Å². The first-order valence-corrected chi connectivity index (χ1v) is 6.74. The normalized spacial score (nSPS) is 17.5. The number of aryl methyl sites for hydroxylation is 1. The summed E-state index contributed by atoms with van der Waals surface area (Å²) in [5.41, 5.74) is 1.42. The number of fused-ring (bicyclic) bond motifs is 1. The number of benzene rings is 1. The van der Waals surface area contributed by atoms with Crippen LogP contribution in [0.2, 0.25) is 0 Å². The third-order valence-electron chi connectivity index (χ3n) is 3.73. The third-order valence-corrected chi connectivity index (χ3v) is 3.73. The Kier molecular flexibility index (Phi) is 3.33. The summed E-state index contributed by atoms with van der Waals surface area (Å²) in [6.45, 7) is 7.71. The monoisotopic (exact) mass is 262 g/mol. The predicted octanol–water partition coefficient (Wildman–Crippen LogP) is 3.44. The maximum absolute atomic E-state index is 11.2. The zero-order chi connectivity index (χ0) is 14.3. The molecule has 1 heterocycles. The number of carboxylic acids is 1. The van der Waals surface area contributed by atoms with Crippen LogP contribution in [0.25, 0.3) is 0 Å². The zero-order valence-electron chi connectivity index (χ0n) is 12.1. The maximum Gasteiger partial charge on any atom is 0.309 e. The van der Waals surface area contributed by atoms with E-state index in [-0.39, 0.29) is 5.60 Å². The quantitative estimate of drug-likeness (QED) is 0.907. The first-order valence-electron chi connectivity index (χ1n) is 6.74. The Balaban J connectivity index is 2.21. The Hall–Kier alpha value is -1.51. The van der Waals surface area contributed by atoms with Crippen molar-refractivity contribution in [2.75, 3.05) is 0 Å². The molecule has 19 heavy (non-hydrogen) atoms. The van der Waals surface area contributed by atoms with Crippen LogP contribution in [0.15, 0.2) is 18.2 Å². The minimum Gasteiger partial charge on any atom is -0.488 e. The second-order valence-electron chi connectivity index (χ2n) is 6.67. The number of carboxylic acid groups (broad SMARTS) is 1. The molecule has 1 aliphatic heterocycles. The molecule has 0 amide bonds. The van der Waals surface area contributed by atoms with Crippen LogP contribution in [-0.4, -0.2) is 16.7 Å². The van der Waals surface area contributed by atoms with Crippen molar-refractivity contribution in [1.29, 1.82) is 0 Å². The van der Waals surface area contributed by atoms with Gasteiger partial charge in [0.25, 0.3) is 0 Å². The molecule has 0 saturated heterocycles. The van der Waals surface area contributed by atoms with Crippen LogP contribution in [0.5, 0.6) is 5.75 Å². The summed E-state index contributed by atoms with van der Waals surface area (Å²) in [6, 6.07) is 6.05. The second-order valence-corrected chi connectivity index (χ2v) is 6.67. The standard InChI is InChI=1S/C16H22O3/c1-15(2,14(17)18)10-11-5-6-13-12(9-11)7-8-16(3,4)19-13/h5-6,9H,7-8,10H2,1-4H3,(H,17,18). The molecule has 0 bridgehead atoms. The number of hydrogen-bond acceptors (Lipinski definition) is 2. The van der Waals surface area contributed by atoms with Gasteiger partial charge in [-0.1, -0.05) is 12.1 Å². The van der Waals surface area contributed by atoms with E-state index in [1.54, 1.807) is 13.8 Å². The molecule has 1 aromatic carbocycles. The van der Waals surface area contributed by atoms with Crippen molar-refractivity contribution in [2.45, 2.75) is 52.6 Å². The average Bonchev–Trinajstić information content (AvgIpc) is 2.28. The van der Waals surface area contributed by atoms with Gasteiger partial charge in [0, 0.05) is 0 Å². The van der Waals surface area contributed by atoms with Crippen molar-refractivity contribution in [3.8, 4) is 5.75 Å². The summed E-state index contributed by atoms with van der Waals surface area (Å²) < 4.78 is 5.94. The summed E-state index contributed by atoms with van der Waals surface area (Å²) in [5, 5.41) is 9.18. The molecule has 0 saturated carbocycles. The summed E-state index contributed by atoms with van der Waals surface area (Å²) in [4.78, 5) is 11.2. The van der Waals surface area contributed by atoms with E-state index in [0.29, 0.717) is 6.42 Å². The van der Waals surface area contributed by atoms with Crippen molar-refractivity contribution in [3.63, 3.8) is 0 Å². The lowest BCUT2D eigenvalue weighted by atomic mass is 9.84. The Morgan fingerprint density at radius 2 is 2.11 bits per heavy atom. The van der Waals surface area contributed by atoms with Crippen LogP contribution in [0.4, 0.5) is 0 Å². The lowest BCUT2D eigenvalue weighted by Crippen LogP contribution is -2.32. The van der Waals surface area contributed by atoms with Gasteiger partial charge in [0.15, 0.2) is 0 Å². The molecule has 0 spiro atoms. The smallest absolute Gasteiger partial charge is 0.309 e. The van der Waals surface area contributed by atoms with Gasteiger partial charge in [-0.2, -0.15) is 0 Å². The summed E-state index contributed by atoms with van der Waals surface area (Å²) in [7, 11) is 0. The highest BCUT2D eigenvalue weighted by atomic mass is 16.5. The number of ether oxygens (including phenoxy) is 1. The SMILES string of the molecule is CC1(C)CCc2cc(CC(C)(C)C(=O)O)ccc2O1. The highest BCUT2D eigenvalue weighted by molar-refractivity contribution is 5.74. The largest absolute Gasteiger partial charge is 0.488 e. The Bertz CT molecular complexity index is 501. The fourth-order valence-electron chi connectivity index (χ4n) is 2.41. The number of carbonyl (C=O) groups is 1. The number of hydrogen-bond donors (Lipinski definition) is 1. The summed E-state index contributed by atoms with van der Waals surface area (Å²) >= 11 is 0. The Morgan fingerprint density at radius 1 is 1.42 bits per heavy atom. The molecule has 2 rings (SSSR count). The van der Waals surface area contributed by atoms with Crippen LogP contribution in [0.3, 0.4) is 0 Å². The number of aliphatic carboxylic acids is 1. The molecule has 0 aliphatic carbocycles. The molecule has 104 valence electrons. The van der Waals surface area contributed by atoms with E-state index in [0.717, 1.165) is 24.2 Å². The van der Waals surface area contributed by atoms with Crippen LogP contribution in [0, 0.1) is 5.41 Å². The van der Waals surface area contributed by atoms with Gasteiger partial charge < -0.3 is 9.84 Å². The minimum absolute atomic E-state index is 0.102. The molecule has 0 fully saturated rings. The fraction of sp³-hybridized carbons (Fsp3) is 0.562. The van der Waals surface area contributed by atoms with Gasteiger partial charge in [0.05, 0.1) is 5.41 Å². The highest BCUT2D eigenvalue weighted by Gasteiger charge is 2.29. The summed E-state index contributed by atoms with van der Waals surface area (Å²) in [5.74, 6) is 0.177. The van der Waals surface area contributed by atoms with E-state index < -0.39 is 11.4 Å². The van der Waals surface area contributed by atoms with E-state index >= 15 is 0 Å². The lowest BCUT2D eigenvalue weighted by Gasteiger charge is -2.33. The van der Waals surface area contributed by atoms with Gasteiger partial charge in [0.1, 0.15) is 11.4 Å². The molecule has 3 heteroatoms. The van der Waals surface area contributed by atoms with Gasteiger partial charge in [-0.15, -0.1) is 0 Å². The fourth-order valence-corrected chi connectivity index (χ4v) is 2.41. The van der Waals surface area contributed by atoms with Gasteiger partial charge in [-0.05, 0) is 64.2 Å². The van der Waals surface area contributed by atoms with Gasteiger partial charge in [-0.25, -0.2) is 0 Å². The lowest BCUT2D eigenvalue weighted by molar-refractivity contribution is -0.146. The number of rotatable bonds is 3. The average molecular weight is 262 g/mol. The maximum atomic E-state index is 11.2. The molecule has 1 N–H and O–H groups in total. The zero-order valence-corrected chi connectivity index (χ0v) is 12.1. The van der Waals surface area contributed by atoms with Crippen LogP contribution < -0.4 is 4.74 Å². The third kappa shape index (κ3) is 3.09. The molecule has 0 unspecified atom stereocenters. The van der Waals surface area contributed by atoms with E-state index in [4.69, 9.17) is 4.74 Å². The van der Waals surface area contributed by atoms with Gasteiger partial charge in [-0.3, -0.25) is 4.79 Å². The summed E-state index contributed by atoms with van der Waals surface area (Å²) in [6.07, 6.45) is 2.52. The van der Waals surface area contributed by atoms with Crippen molar-refractivity contribution >= 4 is 5.97 Å². The van der Waals surface area contributed by atoms with E-state index in [9.17, 15) is 9.90 Å². The van der Waals surface area contributed by atoms with Gasteiger partial charge >= 0.3 is 5.97 Å². The Morgan fingerprint density at radius 3 is 2.74 bits per heavy atom. The first kappa shape index (κ1) is 13.9. The van der Waals surface area contributed by atoms with E-state index in [1.807, 2.05) is 12.1 Å². The molecular weight excluding hydrogens is 240 g/mol. The molecule has 3 nitrogen and oxygen atoms in total. The van der Waals surface area contributed by atoms with E-state index in [1.165, 1.54) is 5.56 Å². The van der Waals surface area contributed by atoms with Crippen molar-refractivity contribution in [2.24, 2.45) is 5.41 Å². The molecule has 1 aliphatic rings. The van der Waals surface area contributed by atoms with Crippen molar-refractivity contribution in [1.82, 2.24) is 0 Å². The topological polar surface area (TPSA) is 46.5 Å². The van der Waals surface area contributed by atoms with Crippen molar-refractivity contribution in [3.05, 3.63) is 29.3 Å². The Labute approximate surface area is 114 Å². The van der Waals surface area contributed by atoms with E-state index in [2.05, 4.69) is 19.9 Å². The van der Waals surface area contributed by atoms with Gasteiger partial charge in [0.2, 0.25) is 0 Å². The van der Waals surface area contributed by atoms with Crippen LogP contribution >= 0.6 is 0 Å². The first-order chi connectivity index (χ1) is 8.70. The molecule has 0 radical (unpaired) electrons. The molecule has 0 atom stereocenters. The molecular formula is C16H22O3. The predicted molar refractivity (Wildman–Crippen MR) is 74.6 cm³/mol. The highest BCUT2D eigenvalue weighted by Crippen LogP contribution is 2.34. The second kappa shape index (κ2) is 4.55. The molecule has 0 aromatic heterocycles.